The summed E-state index contributed by atoms with van der Waals surface area (Å²) in [5, 5.41) is 0. The van der Waals surface area contributed by atoms with Gasteiger partial charge < -0.3 is 9.53 Å². The average Bonchev–Trinajstić information content (AvgIpc) is 2.66. The number of rotatable bonds is 2. The van der Waals surface area contributed by atoms with Gasteiger partial charge in [0.2, 0.25) is 0 Å². The molecule has 2 unspecified atom stereocenters. The maximum Gasteiger partial charge on any atom is 0.328 e. The van der Waals surface area contributed by atoms with Crippen molar-refractivity contribution in [2.45, 2.75) is 25.2 Å². The first kappa shape index (κ1) is 10.3. The highest BCUT2D eigenvalue weighted by Gasteiger charge is 2.26. The summed E-state index contributed by atoms with van der Waals surface area (Å²) < 4.78 is 7.16. The van der Waals surface area contributed by atoms with Crippen molar-refractivity contribution in [1.29, 1.82) is 0 Å². The second-order valence-corrected chi connectivity index (χ2v) is 3.80. The van der Waals surface area contributed by atoms with Crippen LogP contribution in [-0.2, 0) is 9.53 Å². The molecule has 0 amide bonds. The van der Waals surface area contributed by atoms with Crippen LogP contribution in [0, 0.1) is 4.64 Å². The zero-order valence-corrected chi connectivity index (χ0v) is 8.70. The van der Waals surface area contributed by atoms with Crippen LogP contribution in [-0.4, -0.2) is 21.9 Å². The Balaban J connectivity index is 2.28. The molecule has 0 radical (unpaired) electrons. The minimum Gasteiger partial charge on any atom is -0.347 e. The van der Waals surface area contributed by atoms with E-state index in [0.717, 1.165) is 6.29 Å². The number of hydrogen-bond donors (Lipinski definition) is 1. The molecule has 0 saturated carbocycles. The first-order valence-electron chi connectivity index (χ1n) is 4.63. The van der Waals surface area contributed by atoms with Crippen molar-refractivity contribution in [3.05, 3.63) is 27.4 Å². The first-order chi connectivity index (χ1) is 7.20. The molecule has 1 N–H and O–H groups in total. The molecule has 2 rings (SSSR count). The molecule has 6 heteroatoms. The Morgan fingerprint density at radius 2 is 2.40 bits per heavy atom. The smallest absolute Gasteiger partial charge is 0.328 e. The van der Waals surface area contributed by atoms with Gasteiger partial charge in [0.25, 0.3) is 0 Å². The zero-order chi connectivity index (χ0) is 10.8. The largest absolute Gasteiger partial charge is 0.347 e. The van der Waals surface area contributed by atoms with Crippen LogP contribution >= 0.6 is 12.2 Å². The van der Waals surface area contributed by atoms with Crippen molar-refractivity contribution < 1.29 is 9.53 Å². The average molecular weight is 226 g/mol. The van der Waals surface area contributed by atoms with E-state index in [0.29, 0.717) is 17.5 Å². The Morgan fingerprint density at radius 1 is 1.60 bits per heavy atom. The van der Waals surface area contributed by atoms with E-state index in [1.54, 1.807) is 12.3 Å². The lowest BCUT2D eigenvalue weighted by Gasteiger charge is -2.12. The monoisotopic (exact) mass is 226 g/mol. The van der Waals surface area contributed by atoms with E-state index in [4.69, 9.17) is 17.0 Å². The summed E-state index contributed by atoms with van der Waals surface area (Å²) in [5.41, 5.74) is -0.306. The standard InChI is InChI=1S/C9H10N2O3S/c12-5-6-1-2-8(14-6)11-4-3-7(15)10-9(11)13/h3-6,8H,1-2H2,(H,10,13,15). The molecule has 2 atom stereocenters. The molecule has 0 bridgehead atoms. The summed E-state index contributed by atoms with van der Waals surface area (Å²) >= 11 is 4.81. The van der Waals surface area contributed by atoms with Crippen molar-refractivity contribution in [1.82, 2.24) is 9.55 Å². The van der Waals surface area contributed by atoms with Gasteiger partial charge in [-0.3, -0.25) is 9.55 Å². The van der Waals surface area contributed by atoms with Crippen molar-refractivity contribution in [2.75, 3.05) is 0 Å². The fourth-order valence-electron chi connectivity index (χ4n) is 1.60. The molecule has 5 nitrogen and oxygen atoms in total. The maximum absolute atomic E-state index is 11.5. The van der Waals surface area contributed by atoms with Crippen LogP contribution in [0.3, 0.4) is 0 Å². The second kappa shape index (κ2) is 4.08. The topological polar surface area (TPSA) is 64.1 Å². The number of carbonyl (C=O) groups is 1. The Morgan fingerprint density at radius 3 is 3.00 bits per heavy atom. The molecule has 0 aromatic carbocycles. The summed E-state index contributed by atoms with van der Waals surface area (Å²) in [6.07, 6.45) is 2.89. The number of aldehydes is 1. The number of H-pyrrole nitrogens is 1. The van der Waals surface area contributed by atoms with Gasteiger partial charge in [0, 0.05) is 6.20 Å². The molecule has 1 saturated heterocycles. The number of aromatic nitrogens is 2. The van der Waals surface area contributed by atoms with Crippen LogP contribution in [0.2, 0.25) is 0 Å². The van der Waals surface area contributed by atoms with Crippen molar-refractivity contribution in [3.8, 4) is 0 Å². The van der Waals surface area contributed by atoms with Gasteiger partial charge in [-0.1, -0.05) is 12.2 Å². The molecule has 0 spiro atoms. The molecule has 1 aliphatic rings. The number of carbonyl (C=O) groups excluding carboxylic acids is 1. The molecule has 1 aromatic rings. The number of nitrogens with zero attached hydrogens (tertiary/aromatic N) is 1. The van der Waals surface area contributed by atoms with Gasteiger partial charge in [-0.25, -0.2) is 4.79 Å². The van der Waals surface area contributed by atoms with Crippen LogP contribution in [0.5, 0.6) is 0 Å². The van der Waals surface area contributed by atoms with E-state index in [1.807, 2.05) is 0 Å². The van der Waals surface area contributed by atoms with E-state index < -0.39 is 6.10 Å². The Labute approximate surface area is 90.7 Å². The molecule has 1 aliphatic heterocycles. The molecule has 2 heterocycles. The van der Waals surface area contributed by atoms with E-state index in [1.165, 1.54) is 4.57 Å². The zero-order valence-electron chi connectivity index (χ0n) is 7.88. The van der Waals surface area contributed by atoms with E-state index in [9.17, 15) is 9.59 Å². The van der Waals surface area contributed by atoms with Gasteiger partial charge in [-0.2, -0.15) is 0 Å². The number of hydrogen-bond acceptors (Lipinski definition) is 4. The maximum atomic E-state index is 11.5. The minimum atomic E-state index is -0.398. The van der Waals surface area contributed by atoms with Crippen LogP contribution in [0.25, 0.3) is 0 Å². The third kappa shape index (κ3) is 2.05. The number of ether oxygens (including phenoxy) is 1. The number of nitrogens with one attached hydrogen (secondary N) is 1. The van der Waals surface area contributed by atoms with E-state index in [-0.39, 0.29) is 11.9 Å². The lowest BCUT2D eigenvalue weighted by atomic mass is 10.2. The van der Waals surface area contributed by atoms with Crippen LogP contribution < -0.4 is 5.69 Å². The predicted molar refractivity (Wildman–Crippen MR) is 55.1 cm³/mol. The molecule has 80 valence electrons. The second-order valence-electron chi connectivity index (χ2n) is 3.36. The summed E-state index contributed by atoms with van der Waals surface area (Å²) in [6, 6.07) is 1.62. The Kier molecular flexibility index (Phi) is 2.79. The minimum absolute atomic E-state index is 0.306. The summed E-state index contributed by atoms with van der Waals surface area (Å²) in [7, 11) is 0. The summed E-state index contributed by atoms with van der Waals surface area (Å²) in [4.78, 5) is 24.5. The molecular weight excluding hydrogens is 216 g/mol. The third-order valence-electron chi connectivity index (χ3n) is 2.34. The lowest BCUT2D eigenvalue weighted by Crippen LogP contribution is -2.26. The summed E-state index contributed by atoms with van der Waals surface area (Å²) in [6.45, 7) is 0. The van der Waals surface area contributed by atoms with Crippen molar-refractivity contribution in [3.63, 3.8) is 0 Å². The fourth-order valence-corrected chi connectivity index (χ4v) is 1.75. The number of aromatic amines is 1. The predicted octanol–water partition coefficient (Wildman–Crippen LogP) is 0.782. The van der Waals surface area contributed by atoms with Crippen LogP contribution in [0.15, 0.2) is 17.1 Å². The van der Waals surface area contributed by atoms with E-state index in [2.05, 4.69) is 4.98 Å². The van der Waals surface area contributed by atoms with Gasteiger partial charge in [0.05, 0.1) is 0 Å². The van der Waals surface area contributed by atoms with Gasteiger partial charge in [0.1, 0.15) is 23.3 Å². The highest BCUT2D eigenvalue weighted by atomic mass is 32.1. The molecule has 15 heavy (non-hydrogen) atoms. The highest BCUT2D eigenvalue weighted by Crippen LogP contribution is 2.25. The Hall–Kier alpha value is -1.27. The van der Waals surface area contributed by atoms with Gasteiger partial charge in [0.15, 0.2) is 0 Å². The van der Waals surface area contributed by atoms with Crippen molar-refractivity contribution in [2.24, 2.45) is 0 Å². The van der Waals surface area contributed by atoms with Crippen LogP contribution in [0.4, 0.5) is 0 Å². The van der Waals surface area contributed by atoms with Gasteiger partial charge in [-0.15, -0.1) is 0 Å². The normalized spacial score (nSPS) is 25.3. The molecule has 1 aromatic heterocycles. The fraction of sp³-hybridized carbons (Fsp3) is 0.444. The van der Waals surface area contributed by atoms with Crippen LogP contribution in [0.1, 0.15) is 19.1 Å². The third-order valence-corrected chi connectivity index (χ3v) is 2.58. The molecule has 0 aliphatic carbocycles. The lowest BCUT2D eigenvalue weighted by molar-refractivity contribution is -0.119. The van der Waals surface area contributed by atoms with Gasteiger partial charge in [-0.05, 0) is 18.9 Å². The quantitative estimate of drug-likeness (QED) is 0.598. The Bertz CT molecular complexity index is 479. The highest BCUT2D eigenvalue weighted by molar-refractivity contribution is 7.71. The molecule has 1 fully saturated rings. The molecular formula is C9H10N2O3S. The van der Waals surface area contributed by atoms with Gasteiger partial charge >= 0.3 is 5.69 Å². The van der Waals surface area contributed by atoms with E-state index >= 15 is 0 Å². The first-order valence-corrected chi connectivity index (χ1v) is 5.04. The SMILES string of the molecule is O=CC1CCC(n2ccc(=S)[nH]c2=O)O1. The van der Waals surface area contributed by atoms with Crippen molar-refractivity contribution >= 4 is 18.5 Å². The summed E-state index contributed by atoms with van der Waals surface area (Å²) in [5.74, 6) is 0.